The van der Waals surface area contributed by atoms with Crippen molar-refractivity contribution in [2.75, 3.05) is 19.6 Å². The van der Waals surface area contributed by atoms with Crippen LogP contribution in [0.1, 0.15) is 37.7 Å². The van der Waals surface area contributed by atoms with Gasteiger partial charge in [-0.3, -0.25) is 9.59 Å². The Bertz CT molecular complexity index is 782. The number of aliphatic carboxylic acids is 1. The maximum atomic E-state index is 13.1. The summed E-state index contributed by atoms with van der Waals surface area (Å²) in [5, 5.41) is 9.66. The number of carbonyl (C=O) groups is 3. The van der Waals surface area contributed by atoms with Crippen molar-refractivity contribution in [2.45, 2.75) is 44.6 Å². The molecule has 4 rings (SSSR count). The Morgan fingerprint density at radius 3 is 2.32 bits per heavy atom. The number of likely N-dealkylation sites (tertiary alicyclic amines) is 2. The molecule has 0 aromatic heterocycles. The molecule has 1 aliphatic carbocycles. The number of halogens is 1. The second kappa shape index (κ2) is 7.18. The fourth-order valence-electron chi connectivity index (χ4n) is 4.57. The minimum atomic E-state index is -0.985. The molecule has 1 unspecified atom stereocenters. The van der Waals surface area contributed by atoms with Crippen molar-refractivity contribution in [1.29, 1.82) is 0 Å². The van der Waals surface area contributed by atoms with Crippen molar-refractivity contribution in [3.05, 3.63) is 35.6 Å². The molecule has 1 saturated carbocycles. The van der Waals surface area contributed by atoms with E-state index in [1.54, 1.807) is 12.1 Å². The summed E-state index contributed by atoms with van der Waals surface area (Å²) in [4.78, 5) is 40.3. The van der Waals surface area contributed by atoms with Crippen LogP contribution in [0.5, 0.6) is 0 Å². The number of hydrogen-bond donors (Lipinski definition) is 1. The average Bonchev–Trinajstić information content (AvgIpc) is 3.46. The van der Waals surface area contributed by atoms with Gasteiger partial charge in [0.25, 0.3) is 0 Å². The molecule has 0 radical (unpaired) electrons. The van der Waals surface area contributed by atoms with Gasteiger partial charge in [-0.25, -0.2) is 9.18 Å². The summed E-state index contributed by atoms with van der Waals surface area (Å²) in [6, 6.07) is 4.87. The Balaban J connectivity index is 1.43. The molecule has 1 aromatic carbocycles. The van der Waals surface area contributed by atoms with Crippen molar-refractivity contribution < 1.29 is 23.9 Å². The van der Waals surface area contributed by atoms with Crippen molar-refractivity contribution in [1.82, 2.24) is 9.80 Å². The zero-order valence-electron chi connectivity index (χ0n) is 15.8. The number of piperidine rings is 1. The molecule has 1 aromatic rings. The molecule has 28 heavy (non-hydrogen) atoms. The quantitative estimate of drug-likeness (QED) is 0.857. The number of amides is 2. The summed E-state index contributed by atoms with van der Waals surface area (Å²) >= 11 is 0. The molecule has 2 heterocycles. The van der Waals surface area contributed by atoms with Crippen molar-refractivity contribution in [2.24, 2.45) is 11.3 Å². The van der Waals surface area contributed by atoms with E-state index in [1.807, 2.05) is 4.90 Å². The van der Waals surface area contributed by atoms with Gasteiger partial charge in [0.2, 0.25) is 11.8 Å². The molecule has 2 aliphatic heterocycles. The van der Waals surface area contributed by atoms with E-state index in [-0.39, 0.29) is 35.4 Å². The van der Waals surface area contributed by atoms with Crippen molar-refractivity contribution >= 4 is 17.8 Å². The fraction of sp³-hybridized carbons (Fsp3) is 0.571. The van der Waals surface area contributed by atoms with Crippen molar-refractivity contribution in [3.8, 4) is 0 Å². The molecule has 2 amide bonds. The summed E-state index contributed by atoms with van der Waals surface area (Å²) in [6.45, 7) is 1.69. The largest absolute Gasteiger partial charge is 0.480 e. The van der Waals surface area contributed by atoms with Gasteiger partial charge in [0.05, 0.1) is 6.42 Å². The standard InChI is InChI=1S/C21H25FN2O4/c22-16-5-1-14(2-6-16)11-18(25)24-13-21(12-17(24)20(27)28)7-9-23(10-8-21)19(26)15-3-4-15/h1-2,5-6,15,17H,3-4,7-13H2,(H,27,28). The van der Waals surface area contributed by atoms with Crippen LogP contribution < -0.4 is 0 Å². The molecule has 7 heteroatoms. The number of carbonyl (C=O) groups excluding carboxylic acids is 2. The predicted molar refractivity (Wildman–Crippen MR) is 98.8 cm³/mol. The van der Waals surface area contributed by atoms with Crippen molar-refractivity contribution in [3.63, 3.8) is 0 Å². The molecule has 3 fully saturated rings. The number of rotatable bonds is 4. The summed E-state index contributed by atoms with van der Waals surface area (Å²) in [5.74, 6) is -1.18. The first-order valence-corrected chi connectivity index (χ1v) is 9.92. The monoisotopic (exact) mass is 388 g/mol. The lowest BCUT2D eigenvalue weighted by Gasteiger charge is -2.39. The van der Waals surface area contributed by atoms with E-state index in [0.29, 0.717) is 31.6 Å². The van der Waals surface area contributed by atoms with Gasteiger partial charge >= 0.3 is 5.97 Å². The minimum absolute atomic E-state index is 0.0619. The topological polar surface area (TPSA) is 77.9 Å². The molecule has 1 N–H and O–H groups in total. The highest BCUT2D eigenvalue weighted by atomic mass is 19.1. The molecule has 2 saturated heterocycles. The lowest BCUT2D eigenvalue weighted by Crippen LogP contribution is -2.45. The number of hydrogen-bond acceptors (Lipinski definition) is 3. The maximum absolute atomic E-state index is 13.1. The third-order valence-electron chi connectivity index (χ3n) is 6.44. The second-order valence-corrected chi connectivity index (χ2v) is 8.48. The number of nitrogens with zero attached hydrogens (tertiary/aromatic N) is 2. The molecular formula is C21H25FN2O4. The van der Waals surface area contributed by atoms with Gasteiger partial charge in [0.15, 0.2) is 0 Å². The van der Waals surface area contributed by atoms with Crippen LogP contribution >= 0.6 is 0 Å². The van der Waals surface area contributed by atoms with Gasteiger partial charge in [0.1, 0.15) is 11.9 Å². The minimum Gasteiger partial charge on any atom is -0.480 e. The normalized spacial score (nSPS) is 23.8. The van der Waals surface area contributed by atoms with Gasteiger partial charge in [0, 0.05) is 25.6 Å². The highest BCUT2D eigenvalue weighted by Crippen LogP contribution is 2.44. The van der Waals surface area contributed by atoms with Crippen LogP contribution in [0.2, 0.25) is 0 Å². The zero-order valence-corrected chi connectivity index (χ0v) is 15.8. The van der Waals surface area contributed by atoms with Gasteiger partial charge in [-0.15, -0.1) is 0 Å². The lowest BCUT2D eigenvalue weighted by atomic mass is 9.76. The first kappa shape index (κ1) is 18.9. The van der Waals surface area contributed by atoms with E-state index in [1.165, 1.54) is 17.0 Å². The van der Waals surface area contributed by atoms with E-state index in [0.717, 1.165) is 25.7 Å². The zero-order chi connectivity index (χ0) is 19.9. The summed E-state index contributed by atoms with van der Waals surface area (Å²) in [6.07, 6.45) is 3.92. The Kier molecular flexibility index (Phi) is 4.85. The lowest BCUT2D eigenvalue weighted by molar-refractivity contribution is -0.148. The van der Waals surface area contributed by atoms with E-state index in [2.05, 4.69) is 0 Å². The van der Waals surface area contributed by atoms with E-state index in [9.17, 15) is 23.9 Å². The molecule has 1 spiro atoms. The van der Waals surface area contributed by atoms with E-state index < -0.39 is 12.0 Å². The molecule has 150 valence electrons. The Morgan fingerprint density at radius 1 is 1.11 bits per heavy atom. The fourth-order valence-corrected chi connectivity index (χ4v) is 4.57. The average molecular weight is 388 g/mol. The van der Waals surface area contributed by atoms with Gasteiger partial charge < -0.3 is 14.9 Å². The third kappa shape index (κ3) is 3.75. The Hall–Kier alpha value is -2.44. The molecular weight excluding hydrogens is 363 g/mol. The van der Waals surface area contributed by atoms with E-state index >= 15 is 0 Å². The highest BCUT2D eigenvalue weighted by Gasteiger charge is 2.50. The third-order valence-corrected chi connectivity index (χ3v) is 6.44. The number of carboxylic acids is 1. The first-order valence-electron chi connectivity index (χ1n) is 9.92. The van der Waals surface area contributed by atoms with Crippen LogP contribution in [-0.2, 0) is 20.8 Å². The Morgan fingerprint density at radius 2 is 1.75 bits per heavy atom. The molecule has 1 atom stereocenters. The summed E-state index contributed by atoms with van der Waals surface area (Å²) < 4.78 is 13.1. The van der Waals surface area contributed by atoms with Crippen LogP contribution in [0.3, 0.4) is 0 Å². The number of carboxylic acid groups (broad SMARTS) is 1. The SMILES string of the molecule is O=C(O)C1CC2(CCN(C(=O)C3CC3)CC2)CN1C(=O)Cc1ccc(F)cc1. The molecule has 3 aliphatic rings. The van der Waals surface area contributed by atoms with Gasteiger partial charge in [-0.05, 0) is 55.2 Å². The van der Waals surface area contributed by atoms with Crippen LogP contribution in [0.4, 0.5) is 4.39 Å². The molecule has 6 nitrogen and oxygen atoms in total. The van der Waals surface area contributed by atoms with Gasteiger partial charge in [-0.1, -0.05) is 12.1 Å². The second-order valence-electron chi connectivity index (χ2n) is 8.48. The molecule has 0 bridgehead atoms. The predicted octanol–water partition coefficient (Wildman–Crippen LogP) is 2.07. The first-order chi connectivity index (χ1) is 13.4. The Labute approximate surface area is 163 Å². The van der Waals surface area contributed by atoms with E-state index in [4.69, 9.17) is 0 Å². The van der Waals surface area contributed by atoms with Gasteiger partial charge in [-0.2, -0.15) is 0 Å². The maximum Gasteiger partial charge on any atom is 0.326 e. The van der Waals surface area contributed by atoms with Crippen LogP contribution in [0, 0.1) is 17.2 Å². The number of benzene rings is 1. The summed E-state index contributed by atoms with van der Waals surface area (Å²) in [5.41, 5.74) is 0.434. The van der Waals surface area contributed by atoms with Crippen LogP contribution in [0.25, 0.3) is 0 Å². The van der Waals surface area contributed by atoms with Crippen LogP contribution in [-0.4, -0.2) is 58.4 Å². The highest BCUT2D eigenvalue weighted by molar-refractivity contribution is 5.86. The smallest absolute Gasteiger partial charge is 0.326 e. The van der Waals surface area contributed by atoms with Crippen LogP contribution in [0.15, 0.2) is 24.3 Å². The summed E-state index contributed by atoms with van der Waals surface area (Å²) in [7, 11) is 0.